The minimum atomic E-state index is -0.598. The molecule has 4 heteroatoms. The second-order valence-corrected chi connectivity index (χ2v) is 9.06. The first-order valence-corrected chi connectivity index (χ1v) is 9.59. The van der Waals surface area contributed by atoms with Crippen molar-refractivity contribution in [3.05, 3.63) is 60.7 Å². The van der Waals surface area contributed by atoms with E-state index in [1.807, 2.05) is 36.4 Å². The third kappa shape index (κ3) is 4.09. The van der Waals surface area contributed by atoms with Crippen LogP contribution in [-0.2, 0) is 0 Å². The van der Waals surface area contributed by atoms with Crippen LogP contribution in [0.25, 0.3) is 0 Å². The van der Waals surface area contributed by atoms with E-state index in [1.54, 1.807) is 0 Å². The maximum atomic E-state index is 9.63. The Morgan fingerprint density at radius 3 is 1.32 bits per heavy atom. The lowest BCUT2D eigenvalue weighted by Gasteiger charge is -2.22. The molecule has 0 bridgehead atoms. The van der Waals surface area contributed by atoms with Gasteiger partial charge in [-0.25, -0.2) is 0 Å². The summed E-state index contributed by atoms with van der Waals surface area (Å²) in [6, 6.07) is 20.3. The Kier molecular flexibility index (Phi) is 5.94. The average Bonchev–Trinajstić information content (AvgIpc) is 2.50. The van der Waals surface area contributed by atoms with E-state index in [9.17, 15) is 10.2 Å². The van der Waals surface area contributed by atoms with Crippen molar-refractivity contribution < 1.29 is 10.2 Å². The second kappa shape index (κ2) is 7.72. The van der Waals surface area contributed by atoms with E-state index in [0.29, 0.717) is 0 Å². The van der Waals surface area contributed by atoms with E-state index >= 15 is 0 Å². The number of hydrogen-bond donors (Lipinski definition) is 2. The normalized spacial score (nSPS) is 14.0. The largest absolute Gasteiger partial charge is 0.392 e. The van der Waals surface area contributed by atoms with Gasteiger partial charge in [-0.2, -0.15) is 0 Å². The van der Waals surface area contributed by atoms with E-state index in [2.05, 4.69) is 24.3 Å². The van der Waals surface area contributed by atoms with Gasteiger partial charge in [-0.05, 0) is 26.5 Å². The average molecular weight is 292 g/mol. The molecule has 100 valence electrons. The van der Waals surface area contributed by atoms with Gasteiger partial charge in [-0.1, -0.05) is 60.7 Å². The summed E-state index contributed by atoms with van der Waals surface area (Å²) in [6.45, 7) is 0. The molecule has 0 saturated heterocycles. The summed E-state index contributed by atoms with van der Waals surface area (Å²) in [4.78, 5) is 0. The monoisotopic (exact) mass is 292 g/mol. The molecule has 2 atom stereocenters. The van der Waals surface area contributed by atoms with Crippen LogP contribution in [0.15, 0.2) is 60.7 Å². The first-order chi connectivity index (χ1) is 9.35. The first-order valence-electron chi connectivity index (χ1n) is 6.17. The van der Waals surface area contributed by atoms with Gasteiger partial charge in [0.05, 0.1) is 12.7 Å². The van der Waals surface area contributed by atoms with Gasteiger partial charge in [0.25, 0.3) is 0 Å². The highest BCUT2D eigenvalue weighted by atomic mass is 31.2. The topological polar surface area (TPSA) is 40.5 Å². The number of rotatable bonds is 6. The zero-order valence-electron chi connectivity index (χ0n) is 10.7. The van der Waals surface area contributed by atoms with Crippen molar-refractivity contribution in [3.63, 3.8) is 0 Å². The molecule has 2 nitrogen and oxygen atoms in total. The third-order valence-electron chi connectivity index (χ3n) is 2.93. The van der Waals surface area contributed by atoms with Crippen molar-refractivity contribution in [1.29, 1.82) is 0 Å². The van der Waals surface area contributed by atoms with Crippen LogP contribution in [0.3, 0.4) is 0 Å². The molecular formula is C15H18O2P2. The predicted octanol–water partition coefficient (Wildman–Crippen LogP) is 2.46. The number of benzene rings is 2. The summed E-state index contributed by atoms with van der Waals surface area (Å²) < 4.78 is 0. The Bertz CT molecular complexity index is 431. The van der Waals surface area contributed by atoms with Gasteiger partial charge >= 0.3 is 0 Å². The highest BCUT2D eigenvalue weighted by Gasteiger charge is 2.17. The van der Waals surface area contributed by atoms with Crippen LogP contribution in [0.5, 0.6) is 0 Å². The maximum Gasteiger partial charge on any atom is 0.0669 e. The fourth-order valence-electron chi connectivity index (χ4n) is 1.90. The van der Waals surface area contributed by atoms with Crippen molar-refractivity contribution in [2.45, 2.75) is 0 Å². The van der Waals surface area contributed by atoms with Crippen LogP contribution in [0.2, 0.25) is 0 Å². The Morgan fingerprint density at radius 1 is 0.632 bits per heavy atom. The van der Waals surface area contributed by atoms with Crippen LogP contribution in [-0.4, -0.2) is 28.8 Å². The minimum absolute atomic E-state index is 0.186. The van der Waals surface area contributed by atoms with Crippen molar-refractivity contribution in [3.8, 4) is 0 Å². The summed E-state index contributed by atoms with van der Waals surface area (Å²) >= 11 is 0. The molecule has 0 aliphatic carbocycles. The molecule has 0 aliphatic heterocycles. The molecule has 2 aromatic carbocycles. The third-order valence-corrected chi connectivity index (χ3v) is 8.40. The van der Waals surface area contributed by atoms with E-state index < -0.39 is 15.8 Å². The molecule has 2 rings (SSSR count). The summed E-state index contributed by atoms with van der Waals surface area (Å²) in [6.07, 6.45) is 0.371. The molecule has 0 heterocycles. The van der Waals surface area contributed by atoms with Gasteiger partial charge in [-0.15, -0.1) is 0 Å². The van der Waals surface area contributed by atoms with Crippen LogP contribution in [0.1, 0.15) is 0 Å². The lowest BCUT2D eigenvalue weighted by molar-refractivity contribution is 0.369. The lowest BCUT2D eigenvalue weighted by Crippen LogP contribution is -2.11. The predicted molar refractivity (Wildman–Crippen MR) is 85.0 cm³/mol. The Morgan fingerprint density at radius 2 is 1.00 bits per heavy atom. The standard InChI is InChI=1S/C15H18O2P2/c16-11-18(14-7-3-1-4-8-14)13-19(12-17)15-9-5-2-6-10-15/h1-10,16-17H,11-13H2. The quantitative estimate of drug-likeness (QED) is 0.803. The number of aliphatic hydroxyl groups is 2. The zero-order chi connectivity index (χ0) is 13.5. The van der Waals surface area contributed by atoms with E-state index in [4.69, 9.17) is 0 Å². The van der Waals surface area contributed by atoms with Gasteiger partial charge in [0, 0.05) is 5.90 Å². The minimum Gasteiger partial charge on any atom is -0.392 e. The summed E-state index contributed by atoms with van der Waals surface area (Å²) in [7, 11) is -1.20. The van der Waals surface area contributed by atoms with Gasteiger partial charge in [0.1, 0.15) is 0 Å². The molecule has 2 aromatic rings. The molecule has 2 unspecified atom stereocenters. The molecule has 19 heavy (non-hydrogen) atoms. The smallest absolute Gasteiger partial charge is 0.0669 e. The summed E-state index contributed by atoms with van der Waals surface area (Å²) in [5.41, 5.74) is 0. The van der Waals surface area contributed by atoms with Crippen molar-refractivity contribution in [2.24, 2.45) is 0 Å². The van der Waals surface area contributed by atoms with Gasteiger partial charge in [0.15, 0.2) is 0 Å². The van der Waals surface area contributed by atoms with E-state index in [-0.39, 0.29) is 12.7 Å². The van der Waals surface area contributed by atoms with Crippen LogP contribution in [0, 0.1) is 0 Å². The summed E-state index contributed by atoms with van der Waals surface area (Å²) in [5.74, 6) is 0.881. The van der Waals surface area contributed by atoms with Crippen LogP contribution < -0.4 is 10.6 Å². The molecule has 0 spiro atoms. The fraction of sp³-hybridized carbons (Fsp3) is 0.200. The zero-order valence-corrected chi connectivity index (χ0v) is 12.5. The molecule has 0 aliphatic rings. The fourth-order valence-corrected chi connectivity index (χ4v) is 7.08. The van der Waals surface area contributed by atoms with Crippen molar-refractivity contribution in [2.75, 3.05) is 18.6 Å². The van der Waals surface area contributed by atoms with Gasteiger partial charge in [0.2, 0.25) is 0 Å². The summed E-state index contributed by atoms with van der Waals surface area (Å²) in [5, 5.41) is 21.7. The Hall–Kier alpha value is -0.780. The lowest BCUT2D eigenvalue weighted by atomic mass is 10.4. The number of hydrogen-bond acceptors (Lipinski definition) is 2. The molecule has 0 radical (unpaired) electrons. The molecule has 0 saturated carbocycles. The Labute approximate surface area is 116 Å². The maximum absolute atomic E-state index is 9.63. The molecule has 0 aromatic heterocycles. The van der Waals surface area contributed by atoms with Gasteiger partial charge in [-0.3, -0.25) is 0 Å². The van der Waals surface area contributed by atoms with Crippen molar-refractivity contribution in [1.82, 2.24) is 0 Å². The molecule has 0 fully saturated rings. The molecule has 0 amide bonds. The highest BCUT2D eigenvalue weighted by molar-refractivity contribution is 7.81. The van der Waals surface area contributed by atoms with Crippen LogP contribution >= 0.6 is 15.8 Å². The second-order valence-electron chi connectivity index (χ2n) is 4.18. The van der Waals surface area contributed by atoms with Crippen molar-refractivity contribution >= 4 is 26.5 Å². The molecular weight excluding hydrogens is 274 g/mol. The van der Waals surface area contributed by atoms with Gasteiger partial charge < -0.3 is 10.2 Å². The Balaban J connectivity index is 2.13. The highest BCUT2D eigenvalue weighted by Crippen LogP contribution is 2.48. The number of aliphatic hydroxyl groups excluding tert-OH is 2. The molecule has 2 N–H and O–H groups in total. The SMILES string of the molecule is OCP(CP(CO)c1ccccc1)c1ccccc1. The van der Waals surface area contributed by atoms with E-state index in [1.165, 1.54) is 10.6 Å². The first kappa shape index (κ1) is 14.6. The van der Waals surface area contributed by atoms with E-state index in [0.717, 1.165) is 5.90 Å². The van der Waals surface area contributed by atoms with Crippen LogP contribution in [0.4, 0.5) is 0 Å².